The number of imide groups is 1. The third kappa shape index (κ3) is 4.01. The first-order valence-corrected chi connectivity index (χ1v) is 6.44. The van der Waals surface area contributed by atoms with Crippen molar-refractivity contribution < 1.29 is 24.7 Å². The highest BCUT2D eigenvalue weighted by molar-refractivity contribution is 6.69. The van der Waals surface area contributed by atoms with Crippen LogP contribution in [0.5, 0.6) is 0 Å². The molecule has 0 spiro atoms. The minimum atomic E-state index is -0.845. The van der Waals surface area contributed by atoms with Crippen LogP contribution in [-0.2, 0) is 9.59 Å². The normalized spacial score (nSPS) is 19.7. The fraction of sp³-hybridized carbons (Fsp3) is 0.583. The van der Waals surface area contributed by atoms with Crippen molar-refractivity contribution >= 4 is 29.5 Å². The van der Waals surface area contributed by atoms with E-state index in [1.54, 1.807) is 0 Å². The average molecular weight is 298 g/mol. The third-order valence-corrected chi connectivity index (χ3v) is 3.02. The number of nitrogens with zero attached hydrogens (tertiary/aromatic N) is 4. The second-order valence-electron chi connectivity index (χ2n) is 4.56. The van der Waals surface area contributed by atoms with Crippen LogP contribution in [0.1, 0.15) is 25.7 Å². The fourth-order valence-electron chi connectivity index (χ4n) is 1.83. The molecule has 0 aromatic heterocycles. The number of rotatable bonds is 6. The molecule has 0 radical (unpaired) electrons. The minimum Gasteiger partial charge on any atom is -0.481 e. The van der Waals surface area contributed by atoms with Gasteiger partial charge < -0.3 is 10.3 Å². The number of aliphatic imine (C=N–C) groups is 1. The van der Waals surface area contributed by atoms with E-state index in [0.717, 1.165) is 9.80 Å². The van der Waals surface area contributed by atoms with Crippen LogP contribution in [-0.4, -0.2) is 70.2 Å². The van der Waals surface area contributed by atoms with Crippen LogP contribution >= 0.6 is 0 Å². The van der Waals surface area contributed by atoms with Crippen LogP contribution in [0.3, 0.4) is 0 Å². The number of carboxylic acid groups (broad SMARTS) is 1. The summed E-state index contributed by atoms with van der Waals surface area (Å²) in [5, 5.41) is 20.3. The Bertz CT molecular complexity index is 500. The Morgan fingerprint density at radius 2 is 1.81 bits per heavy atom. The molecule has 1 saturated heterocycles. The SMILES string of the molecule is CN1C(=O)C(=N/O)/C(=N/CCCCCC(=O)O)N(C)C1=O. The highest BCUT2D eigenvalue weighted by Crippen LogP contribution is 2.09. The van der Waals surface area contributed by atoms with Crippen molar-refractivity contribution in [1.29, 1.82) is 0 Å². The molecule has 0 bridgehead atoms. The lowest BCUT2D eigenvalue weighted by Crippen LogP contribution is -2.57. The zero-order valence-electron chi connectivity index (χ0n) is 11.9. The molecular weight excluding hydrogens is 280 g/mol. The molecule has 1 heterocycles. The van der Waals surface area contributed by atoms with Gasteiger partial charge in [0.15, 0.2) is 5.84 Å². The largest absolute Gasteiger partial charge is 0.481 e. The summed E-state index contributed by atoms with van der Waals surface area (Å²) in [5.41, 5.74) is -0.287. The molecular formula is C12H18N4O5. The second kappa shape index (κ2) is 7.36. The Kier molecular flexibility index (Phi) is 5.82. The van der Waals surface area contributed by atoms with E-state index >= 15 is 0 Å². The van der Waals surface area contributed by atoms with E-state index in [4.69, 9.17) is 10.3 Å². The van der Waals surface area contributed by atoms with Gasteiger partial charge in [0.05, 0.1) is 0 Å². The van der Waals surface area contributed by atoms with Crippen molar-refractivity contribution in [3.8, 4) is 0 Å². The summed E-state index contributed by atoms with van der Waals surface area (Å²) < 4.78 is 0. The standard InChI is InChI=1S/C12H18N4O5/c1-15-10(13-7-5-3-4-6-8(17)18)9(14-21)11(19)16(2)12(15)20/h21H,3-7H2,1-2H3,(H,17,18)/b13-10-,14-9+. The number of carboxylic acids is 1. The van der Waals surface area contributed by atoms with Crippen LogP contribution in [0.2, 0.25) is 0 Å². The summed E-state index contributed by atoms with van der Waals surface area (Å²) in [5.74, 6) is -1.55. The lowest BCUT2D eigenvalue weighted by molar-refractivity contribution is -0.137. The summed E-state index contributed by atoms with van der Waals surface area (Å²) in [4.78, 5) is 40.0. The maximum atomic E-state index is 11.8. The van der Waals surface area contributed by atoms with Crippen LogP contribution in [0, 0.1) is 0 Å². The summed E-state index contributed by atoms with van der Waals surface area (Å²) in [7, 11) is 2.72. The third-order valence-electron chi connectivity index (χ3n) is 3.02. The number of urea groups is 1. The van der Waals surface area contributed by atoms with Crippen LogP contribution in [0.15, 0.2) is 10.1 Å². The molecule has 2 N–H and O–H groups in total. The van der Waals surface area contributed by atoms with Crippen molar-refractivity contribution in [2.24, 2.45) is 10.1 Å². The number of unbranched alkanes of at least 4 members (excludes halogenated alkanes) is 2. The molecule has 1 rings (SSSR count). The number of carbonyl (C=O) groups is 3. The number of amidine groups is 1. The number of aliphatic carboxylic acids is 1. The number of amides is 3. The average Bonchev–Trinajstić information content (AvgIpc) is 2.45. The van der Waals surface area contributed by atoms with E-state index in [1.807, 2.05) is 0 Å². The summed E-state index contributed by atoms with van der Waals surface area (Å²) >= 11 is 0. The number of oxime groups is 1. The number of hydrogen-bond acceptors (Lipinski definition) is 6. The summed E-state index contributed by atoms with van der Waals surface area (Å²) in [6.45, 7) is 0.308. The molecule has 116 valence electrons. The van der Waals surface area contributed by atoms with Gasteiger partial charge in [-0.15, -0.1) is 0 Å². The minimum absolute atomic E-state index is 0.0174. The number of carbonyl (C=O) groups excluding carboxylic acids is 2. The van der Waals surface area contributed by atoms with Crippen molar-refractivity contribution in [2.45, 2.75) is 25.7 Å². The molecule has 9 nitrogen and oxygen atoms in total. The van der Waals surface area contributed by atoms with Crippen molar-refractivity contribution in [3.63, 3.8) is 0 Å². The lowest BCUT2D eigenvalue weighted by Gasteiger charge is -2.30. The molecule has 21 heavy (non-hydrogen) atoms. The maximum absolute atomic E-state index is 11.8. The van der Waals surface area contributed by atoms with Crippen molar-refractivity contribution in [1.82, 2.24) is 9.80 Å². The molecule has 0 saturated carbocycles. The van der Waals surface area contributed by atoms with Crippen LogP contribution in [0.4, 0.5) is 4.79 Å². The van der Waals surface area contributed by atoms with E-state index in [2.05, 4.69) is 10.1 Å². The van der Waals surface area contributed by atoms with Crippen LogP contribution < -0.4 is 0 Å². The molecule has 1 fully saturated rings. The van der Waals surface area contributed by atoms with E-state index in [-0.39, 0.29) is 18.0 Å². The van der Waals surface area contributed by atoms with Crippen LogP contribution in [0.25, 0.3) is 0 Å². The first-order valence-electron chi connectivity index (χ1n) is 6.44. The predicted octanol–water partition coefficient (Wildman–Crippen LogP) is 0.384. The molecule has 0 atom stereocenters. The van der Waals surface area contributed by atoms with E-state index in [1.165, 1.54) is 14.1 Å². The number of hydrogen-bond donors (Lipinski definition) is 2. The molecule has 3 amide bonds. The zero-order valence-corrected chi connectivity index (χ0v) is 11.9. The van der Waals surface area contributed by atoms with Gasteiger partial charge in [-0.3, -0.25) is 24.4 Å². The molecule has 0 unspecified atom stereocenters. The molecule has 1 aliphatic heterocycles. The van der Waals surface area contributed by atoms with Gasteiger partial charge in [-0.05, 0) is 12.8 Å². The fourth-order valence-corrected chi connectivity index (χ4v) is 1.83. The Morgan fingerprint density at radius 1 is 1.14 bits per heavy atom. The molecule has 0 aliphatic carbocycles. The molecule has 0 aromatic rings. The van der Waals surface area contributed by atoms with Gasteiger partial charge in [-0.2, -0.15) is 0 Å². The Labute approximate surface area is 121 Å². The predicted molar refractivity (Wildman–Crippen MR) is 73.6 cm³/mol. The highest BCUT2D eigenvalue weighted by Gasteiger charge is 2.38. The van der Waals surface area contributed by atoms with Gasteiger partial charge >= 0.3 is 12.0 Å². The maximum Gasteiger partial charge on any atom is 0.332 e. The Balaban J connectivity index is 2.65. The monoisotopic (exact) mass is 298 g/mol. The van der Waals surface area contributed by atoms with Gasteiger partial charge in [0.1, 0.15) is 0 Å². The summed E-state index contributed by atoms with van der Waals surface area (Å²) in [6.07, 6.45) is 1.92. The molecule has 1 aliphatic rings. The van der Waals surface area contributed by atoms with E-state index in [9.17, 15) is 14.4 Å². The lowest BCUT2D eigenvalue weighted by atomic mass is 10.2. The van der Waals surface area contributed by atoms with E-state index in [0.29, 0.717) is 25.8 Å². The first-order chi connectivity index (χ1) is 9.90. The first kappa shape index (κ1) is 16.6. The quantitative estimate of drug-likeness (QED) is 0.417. The topological polar surface area (TPSA) is 123 Å². The van der Waals surface area contributed by atoms with Crippen molar-refractivity contribution in [3.05, 3.63) is 0 Å². The Morgan fingerprint density at radius 3 is 2.38 bits per heavy atom. The van der Waals surface area contributed by atoms with Gasteiger partial charge in [-0.1, -0.05) is 11.6 Å². The smallest absolute Gasteiger partial charge is 0.332 e. The molecule has 9 heteroatoms. The van der Waals surface area contributed by atoms with Gasteiger partial charge in [-0.25, -0.2) is 4.79 Å². The summed E-state index contributed by atoms with van der Waals surface area (Å²) in [6, 6.07) is -0.558. The zero-order chi connectivity index (χ0) is 16.0. The highest BCUT2D eigenvalue weighted by atomic mass is 16.4. The van der Waals surface area contributed by atoms with Gasteiger partial charge in [0.2, 0.25) is 5.71 Å². The second-order valence-corrected chi connectivity index (χ2v) is 4.56. The van der Waals surface area contributed by atoms with Crippen molar-refractivity contribution in [2.75, 3.05) is 20.6 Å². The van der Waals surface area contributed by atoms with E-state index < -0.39 is 17.9 Å². The van der Waals surface area contributed by atoms with Gasteiger partial charge in [0.25, 0.3) is 5.91 Å². The van der Waals surface area contributed by atoms with Gasteiger partial charge in [0, 0.05) is 27.1 Å². The molecule has 0 aromatic carbocycles. The Hall–Kier alpha value is -2.45.